The molecule has 0 N–H and O–H groups in total. The van der Waals surface area contributed by atoms with Crippen LogP contribution in [-0.2, 0) is 19.0 Å². The van der Waals surface area contributed by atoms with E-state index in [9.17, 15) is 4.79 Å². The van der Waals surface area contributed by atoms with Gasteiger partial charge < -0.3 is 14.2 Å². The Morgan fingerprint density at radius 3 is 2.44 bits per heavy atom. The minimum absolute atomic E-state index is 0.0621. The molecule has 1 rings (SSSR count). The van der Waals surface area contributed by atoms with E-state index in [0.29, 0.717) is 6.61 Å². The first-order chi connectivity index (χ1) is 8.47. The molecule has 0 aromatic rings. The number of methoxy groups -OCH3 is 3. The van der Waals surface area contributed by atoms with Gasteiger partial charge >= 0.3 is 5.97 Å². The van der Waals surface area contributed by atoms with Gasteiger partial charge in [0.15, 0.2) is 0 Å². The summed E-state index contributed by atoms with van der Waals surface area (Å²) in [7, 11) is 4.80. The highest BCUT2D eigenvalue weighted by Gasteiger charge is 2.43. The van der Waals surface area contributed by atoms with Crippen molar-refractivity contribution in [3.8, 4) is 0 Å². The summed E-state index contributed by atoms with van der Waals surface area (Å²) in [6, 6.07) is 0. The van der Waals surface area contributed by atoms with Gasteiger partial charge in [-0.2, -0.15) is 0 Å². The van der Waals surface area contributed by atoms with Crippen molar-refractivity contribution in [2.24, 2.45) is 17.3 Å². The number of carbonyl (C=O) groups excluding carboxylic acids is 1. The van der Waals surface area contributed by atoms with E-state index in [-0.39, 0.29) is 23.9 Å². The summed E-state index contributed by atoms with van der Waals surface area (Å²) < 4.78 is 15.5. The molecule has 0 saturated heterocycles. The Morgan fingerprint density at radius 2 is 1.94 bits per heavy atom. The number of rotatable bonds is 5. The predicted octanol–water partition coefficient (Wildman–Crippen LogP) is 2.04. The fourth-order valence-corrected chi connectivity index (χ4v) is 2.69. The molecule has 1 aliphatic rings. The standard InChI is InChI=1S/C14H24O4/c1-14(2,13(15)18-5)12-8-11(17-4)7-6-10(12)9-16-3/h6-7,10-12H,8-9H2,1-5H3/t10-,11-,12-/m1/s1. The first kappa shape index (κ1) is 15.2. The van der Waals surface area contributed by atoms with Crippen molar-refractivity contribution in [2.45, 2.75) is 26.4 Å². The smallest absolute Gasteiger partial charge is 0.311 e. The lowest BCUT2D eigenvalue weighted by Crippen LogP contribution is -2.42. The molecule has 0 aromatic heterocycles. The van der Waals surface area contributed by atoms with Gasteiger partial charge in [-0.15, -0.1) is 0 Å². The van der Waals surface area contributed by atoms with Crippen LogP contribution in [0.1, 0.15) is 20.3 Å². The molecular formula is C14H24O4. The third-order valence-corrected chi connectivity index (χ3v) is 3.88. The molecule has 0 fully saturated rings. The molecular weight excluding hydrogens is 232 g/mol. The lowest BCUT2D eigenvalue weighted by Gasteiger charge is -2.40. The average Bonchev–Trinajstić information content (AvgIpc) is 2.38. The van der Waals surface area contributed by atoms with Gasteiger partial charge in [-0.25, -0.2) is 0 Å². The third kappa shape index (κ3) is 3.12. The van der Waals surface area contributed by atoms with Gasteiger partial charge in [0.25, 0.3) is 0 Å². The summed E-state index contributed by atoms with van der Waals surface area (Å²) in [4.78, 5) is 11.9. The van der Waals surface area contributed by atoms with E-state index < -0.39 is 5.41 Å². The molecule has 4 heteroatoms. The lowest BCUT2D eigenvalue weighted by molar-refractivity contribution is -0.156. The van der Waals surface area contributed by atoms with Gasteiger partial charge in [-0.1, -0.05) is 12.2 Å². The van der Waals surface area contributed by atoms with Crippen molar-refractivity contribution in [1.29, 1.82) is 0 Å². The second kappa shape index (κ2) is 6.34. The zero-order chi connectivity index (χ0) is 13.8. The fourth-order valence-electron chi connectivity index (χ4n) is 2.69. The highest BCUT2D eigenvalue weighted by atomic mass is 16.5. The molecule has 0 amide bonds. The van der Waals surface area contributed by atoms with E-state index in [2.05, 4.69) is 6.08 Å². The maximum atomic E-state index is 11.9. The topological polar surface area (TPSA) is 44.8 Å². The highest BCUT2D eigenvalue weighted by molar-refractivity contribution is 5.76. The van der Waals surface area contributed by atoms with E-state index in [1.807, 2.05) is 19.9 Å². The number of ether oxygens (including phenoxy) is 3. The van der Waals surface area contributed by atoms with E-state index >= 15 is 0 Å². The number of esters is 1. The van der Waals surface area contributed by atoms with Crippen molar-refractivity contribution in [3.63, 3.8) is 0 Å². The minimum Gasteiger partial charge on any atom is -0.469 e. The monoisotopic (exact) mass is 256 g/mol. The first-order valence-corrected chi connectivity index (χ1v) is 6.25. The zero-order valence-electron chi connectivity index (χ0n) is 11.9. The molecule has 0 aliphatic heterocycles. The quantitative estimate of drug-likeness (QED) is 0.558. The van der Waals surface area contributed by atoms with Crippen molar-refractivity contribution in [3.05, 3.63) is 12.2 Å². The summed E-state index contributed by atoms with van der Waals surface area (Å²) in [6.07, 6.45) is 5.01. The summed E-state index contributed by atoms with van der Waals surface area (Å²) in [5.74, 6) is 0.189. The van der Waals surface area contributed by atoms with Gasteiger partial charge in [0, 0.05) is 20.1 Å². The van der Waals surface area contributed by atoms with Crippen molar-refractivity contribution >= 4 is 5.97 Å². The van der Waals surface area contributed by atoms with Gasteiger partial charge in [-0.05, 0) is 26.2 Å². The van der Waals surface area contributed by atoms with Gasteiger partial charge in [0.05, 0.1) is 25.2 Å². The van der Waals surface area contributed by atoms with Crippen molar-refractivity contribution in [2.75, 3.05) is 27.9 Å². The Morgan fingerprint density at radius 1 is 1.28 bits per heavy atom. The summed E-state index contributed by atoms with van der Waals surface area (Å²) >= 11 is 0. The molecule has 104 valence electrons. The van der Waals surface area contributed by atoms with Crippen molar-refractivity contribution in [1.82, 2.24) is 0 Å². The maximum Gasteiger partial charge on any atom is 0.311 e. The minimum atomic E-state index is -0.542. The molecule has 1 aliphatic carbocycles. The van der Waals surface area contributed by atoms with Gasteiger partial charge in [0.2, 0.25) is 0 Å². The zero-order valence-corrected chi connectivity index (χ0v) is 11.9. The van der Waals surface area contributed by atoms with Gasteiger partial charge in [0.1, 0.15) is 0 Å². The SMILES string of the molecule is COC[C@H]1C=C[C@@H](OC)C[C@H]1C(C)(C)C(=O)OC. The summed E-state index contributed by atoms with van der Waals surface area (Å²) in [5.41, 5.74) is -0.542. The average molecular weight is 256 g/mol. The Kier molecular flexibility index (Phi) is 5.35. The molecule has 0 spiro atoms. The molecule has 3 atom stereocenters. The van der Waals surface area contributed by atoms with Crippen LogP contribution in [0, 0.1) is 17.3 Å². The molecule has 0 radical (unpaired) electrons. The van der Waals surface area contributed by atoms with E-state index in [4.69, 9.17) is 14.2 Å². The van der Waals surface area contributed by atoms with Crippen LogP contribution in [0.15, 0.2) is 12.2 Å². The van der Waals surface area contributed by atoms with Crippen LogP contribution < -0.4 is 0 Å². The van der Waals surface area contributed by atoms with Crippen LogP contribution in [-0.4, -0.2) is 40.0 Å². The lowest BCUT2D eigenvalue weighted by atomic mass is 9.67. The number of carbonyl (C=O) groups is 1. The van der Waals surface area contributed by atoms with E-state index in [1.165, 1.54) is 7.11 Å². The second-order valence-corrected chi connectivity index (χ2v) is 5.33. The van der Waals surface area contributed by atoms with E-state index in [1.54, 1.807) is 14.2 Å². The van der Waals surface area contributed by atoms with Crippen LogP contribution in [0.2, 0.25) is 0 Å². The third-order valence-electron chi connectivity index (χ3n) is 3.88. The Labute approximate surface area is 109 Å². The molecule has 0 saturated carbocycles. The van der Waals surface area contributed by atoms with Crippen LogP contribution in [0.4, 0.5) is 0 Å². The summed E-state index contributed by atoms with van der Waals surface area (Å²) in [6.45, 7) is 4.47. The first-order valence-electron chi connectivity index (χ1n) is 6.25. The molecule has 18 heavy (non-hydrogen) atoms. The van der Waals surface area contributed by atoms with Crippen LogP contribution in [0.25, 0.3) is 0 Å². The van der Waals surface area contributed by atoms with Gasteiger partial charge in [-0.3, -0.25) is 4.79 Å². The molecule has 0 bridgehead atoms. The molecule has 4 nitrogen and oxygen atoms in total. The Balaban J connectivity index is 2.93. The van der Waals surface area contributed by atoms with Crippen LogP contribution in [0.5, 0.6) is 0 Å². The van der Waals surface area contributed by atoms with Crippen LogP contribution >= 0.6 is 0 Å². The highest BCUT2D eigenvalue weighted by Crippen LogP contribution is 2.41. The maximum absolute atomic E-state index is 11.9. The molecule has 0 unspecified atom stereocenters. The van der Waals surface area contributed by atoms with Crippen LogP contribution in [0.3, 0.4) is 0 Å². The molecule has 0 heterocycles. The van der Waals surface area contributed by atoms with Crippen molar-refractivity contribution < 1.29 is 19.0 Å². The fraction of sp³-hybridized carbons (Fsp3) is 0.786. The predicted molar refractivity (Wildman–Crippen MR) is 69.2 cm³/mol. The number of hydrogen-bond donors (Lipinski definition) is 0. The Bertz CT molecular complexity index is 309. The largest absolute Gasteiger partial charge is 0.469 e. The normalized spacial score (nSPS) is 28.2. The Hall–Kier alpha value is -0.870. The summed E-state index contributed by atoms with van der Waals surface area (Å²) in [5, 5.41) is 0. The number of hydrogen-bond acceptors (Lipinski definition) is 4. The molecule has 0 aromatic carbocycles. The second-order valence-electron chi connectivity index (χ2n) is 5.33. The van der Waals surface area contributed by atoms with E-state index in [0.717, 1.165) is 6.42 Å².